The highest BCUT2D eigenvalue weighted by Crippen LogP contribution is 2.33. The van der Waals surface area contributed by atoms with Crippen LogP contribution in [0.2, 0.25) is 0 Å². The minimum absolute atomic E-state index is 0.0197. The van der Waals surface area contributed by atoms with Gasteiger partial charge in [-0.1, -0.05) is 6.07 Å². The number of carbonyl (C=O) groups is 2. The quantitative estimate of drug-likeness (QED) is 0.505. The Morgan fingerprint density at radius 1 is 0.868 bits per heavy atom. The first-order valence-corrected chi connectivity index (χ1v) is 11.9. The summed E-state index contributed by atoms with van der Waals surface area (Å²) >= 11 is 0. The molecule has 2 aliphatic heterocycles. The van der Waals surface area contributed by atoms with Gasteiger partial charge < -0.3 is 29.9 Å². The van der Waals surface area contributed by atoms with Gasteiger partial charge in [0.1, 0.15) is 5.82 Å². The van der Waals surface area contributed by atoms with E-state index in [4.69, 9.17) is 9.47 Å². The summed E-state index contributed by atoms with van der Waals surface area (Å²) in [4.78, 5) is 33.6. The summed E-state index contributed by atoms with van der Waals surface area (Å²) in [5.41, 5.74) is 0.0913. The van der Waals surface area contributed by atoms with Crippen molar-refractivity contribution in [2.24, 2.45) is 0 Å². The van der Waals surface area contributed by atoms with Crippen LogP contribution >= 0.6 is 0 Å². The van der Waals surface area contributed by atoms with E-state index in [9.17, 15) is 22.8 Å². The van der Waals surface area contributed by atoms with E-state index in [1.54, 1.807) is 35.2 Å². The third-order valence-electron chi connectivity index (χ3n) is 6.18. The first-order valence-electron chi connectivity index (χ1n) is 11.9. The third-order valence-corrected chi connectivity index (χ3v) is 6.18. The lowest BCUT2D eigenvalue weighted by Crippen LogP contribution is -2.35. The van der Waals surface area contributed by atoms with Crippen molar-refractivity contribution < 1.29 is 32.2 Å². The van der Waals surface area contributed by atoms with E-state index in [1.807, 2.05) is 0 Å². The number of nitrogens with zero attached hydrogens (tertiary/aromatic N) is 3. The zero-order valence-corrected chi connectivity index (χ0v) is 20.1. The van der Waals surface area contributed by atoms with Gasteiger partial charge in [0, 0.05) is 37.4 Å². The molecule has 0 saturated carbocycles. The molecule has 0 aliphatic carbocycles. The van der Waals surface area contributed by atoms with E-state index in [0.29, 0.717) is 54.7 Å². The molecule has 0 spiro atoms. The number of anilines is 3. The number of ether oxygens (including phenoxy) is 2. The summed E-state index contributed by atoms with van der Waals surface area (Å²) in [6.45, 7) is 2.52. The van der Waals surface area contributed by atoms with Gasteiger partial charge in [0.05, 0.1) is 17.4 Å². The fourth-order valence-corrected chi connectivity index (χ4v) is 4.28. The highest BCUT2D eigenvalue weighted by molar-refractivity contribution is 5.99. The second-order valence-electron chi connectivity index (χ2n) is 8.76. The van der Waals surface area contributed by atoms with Crippen molar-refractivity contribution in [3.63, 3.8) is 0 Å². The number of carbonyl (C=O) groups excluding carboxylic acids is 2. The molecule has 0 bridgehead atoms. The molecule has 3 aromatic rings. The number of aromatic nitrogens is 1. The van der Waals surface area contributed by atoms with E-state index < -0.39 is 17.8 Å². The minimum atomic E-state index is -4.50. The molecule has 0 unspecified atom stereocenters. The van der Waals surface area contributed by atoms with Crippen LogP contribution < -0.4 is 25.0 Å². The summed E-state index contributed by atoms with van der Waals surface area (Å²) in [5.74, 6) is 1.80. The maximum absolute atomic E-state index is 13.0. The van der Waals surface area contributed by atoms with Gasteiger partial charge in [-0.15, -0.1) is 0 Å². The molecule has 2 aliphatic rings. The smallest absolute Gasteiger partial charge is 0.416 e. The fraction of sp³-hybridized carbons (Fsp3) is 0.269. The van der Waals surface area contributed by atoms with E-state index in [2.05, 4.69) is 20.5 Å². The van der Waals surface area contributed by atoms with Crippen LogP contribution in [0.3, 0.4) is 0 Å². The maximum atomic E-state index is 13.0. The molecular formula is C26H24F3N5O4. The van der Waals surface area contributed by atoms with Gasteiger partial charge in [0.25, 0.3) is 5.91 Å². The van der Waals surface area contributed by atoms with Crippen molar-refractivity contribution in [2.45, 2.75) is 12.6 Å². The van der Waals surface area contributed by atoms with Crippen LogP contribution in [0.4, 0.5) is 35.2 Å². The van der Waals surface area contributed by atoms with Crippen LogP contribution in [0.1, 0.15) is 22.3 Å². The molecule has 198 valence electrons. The molecule has 38 heavy (non-hydrogen) atoms. The average Bonchev–Trinajstić information content (AvgIpc) is 3.23. The van der Waals surface area contributed by atoms with Gasteiger partial charge in [-0.25, -0.2) is 9.78 Å². The third kappa shape index (κ3) is 5.74. The molecule has 0 radical (unpaired) electrons. The lowest BCUT2D eigenvalue weighted by Gasteiger charge is -2.23. The average molecular weight is 528 g/mol. The highest BCUT2D eigenvalue weighted by Gasteiger charge is 2.30. The number of amides is 3. The summed E-state index contributed by atoms with van der Waals surface area (Å²) in [7, 11) is 0. The van der Waals surface area contributed by atoms with Gasteiger partial charge in [0.2, 0.25) is 6.79 Å². The van der Waals surface area contributed by atoms with Crippen LogP contribution in [0.5, 0.6) is 11.5 Å². The SMILES string of the molecule is O=C(Nc1ccc(N2CCCN(C(=O)c3ccc4c(c3)OCO4)CC2)nc1)Nc1cccc(C(F)(F)F)c1. The van der Waals surface area contributed by atoms with Gasteiger partial charge in [-0.3, -0.25) is 4.79 Å². The Hall–Kier alpha value is -4.48. The van der Waals surface area contributed by atoms with Crippen LogP contribution in [0, 0.1) is 0 Å². The van der Waals surface area contributed by atoms with Gasteiger partial charge in [0.15, 0.2) is 11.5 Å². The molecule has 9 nitrogen and oxygen atoms in total. The van der Waals surface area contributed by atoms with E-state index in [-0.39, 0.29) is 18.4 Å². The number of alkyl halides is 3. The zero-order chi connectivity index (χ0) is 26.7. The summed E-state index contributed by atoms with van der Waals surface area (Å²) < 4.78 is 49.3. The van der Waals surface area contributed by atoms with Crippen molar-refractivity contribution in [3.8, 4) is 11.5 Å². The number of hydrogen-bond donors (Lipinski definition) is 2. The first-order chi connectivity index (χ1) is 18.3. The number of fused-ring (bicyclic) bond motifs is 1. The van der Waals surface area contributed by atoms with Crippen molar-refractivity contribution in [3.05, 3.63) is 71.9 Å². The number of pyridine rings is 1. The Labute approximate surface area is 216 Å². The van der Waals surface area contributed by atoms with E-state index in [1.165, 1.54) is 18.3 Å². The Morgan fingerprint density at radius 3 is 2.47 bits per heavy atom. The van der Waals surface area contributed by atoms with E-state index in [0.717, 1.165) is 18.6 Å². The Bertz CT molecular complexity index is 1330. The molecule has 5 rings (SSSR count). The second-order valence-corrected chi connectivity index (χ2v) is 8.76. The molecule has 1 fully saturated rings. The molecule has 2 N–H and O–H groups in total. The number of urea groups is 1. The van der Waals surface area contributed by atoms with Crippen molar-refractivity contribution in [2.75, 3.05) is 48.5 Å². The van der Waals surface area contributed by atoms with Crippen LogP contribution in [0.25, 0.3) is 0 Å². The molecule has 3 amide bonds. The topological polar surface area (TPSA) is 96.0 Å². The Kier molecular flexibility index (Phi) is 6.95. The Balaban J connectivity index is 1.16. The van der Waals surface area contributed by atoms with Crippen molar-refractivity contribution >= 4 is 29.1 Å². The van der Waals surface area contributed by atoms with Gasteiger partial charge >= 0.3 is 12.2 Å². The van der Waals surface area contributed by atoms with Crippen LogP contribution in [0.15, 0.2) is 60.8 Å². The number of halogens is 3. The minimum Gasteiger partial charge on any atom is -0.454 e. The van der Waals surface area contributed by atoms with Gasteiger partial charge in [-0.2, -0.15) is 13.2 Å². The standard InChI is InChI=1S/C26H24F3N5O4/c27-26(28,29)18-3-1-4-19(14-18)31-25(36)32-20-6-8-23(30-15-20)33-9-2-10-34(12-11-33)24(35)17-5-7-21-22(13-17)38-16-37-21/h1,3-8,13-15H,2,9-12,16H2,(H2,31,32,36). The van der Waals surface area contributed by atoms with Crippen molar-refractivity contribution in [1.82, 2.24) is 9.88 Å². The summed E-state index contributed by atoms with van der Waals surface area (Å²) in [6.07, 6.45) is -2.28. The molecule has 12 heteroatoms. The van der Waals surface area contributed by atoms with Crippen LogP contribution in [-0.2, 0) is 6.18 Å². The highest BCUT2D eigenvalue weighted by atomic mass is 19.4. The predicted molar refractivity (Wildman–Crippen MR) is 134 cm³/mol. The number of rotatable bonds is 4. The number of nitrogens with one attached hydrogen (secondary N) is 2. The summed E-state index contributed by atoms with van der Waals surface area (Å²) in [5, 5.41) is 4.96. The summed E-state index contributed by atoms with van der Waals surface area (Å²) in [6, 6.07) is 12.3. The predicted octanol–water partition coefficient (Wildman–Crippen LogP) is 4.83. The molecule has 1 saturated heterocycles. The second kappa shape index (κ2) is 10.5. The van der Waals surface area contributed by atoms with E-state index >= 15 is 0 Å². The maximum Gasteiger partial charge on any atom is 0.416 e. The fourth-order valence-electron chi connectivity index (χ4n) is 4.28. The molecule has 2 aromatic carbocycles. The number of benzene rings is 2. The molecule has 0 atom stereocenters. The normalized spacial score (nSPS) is 15.1. The first kappa shape index (κ1) is 25.2. The molecule has 1 aromatic heterocycles. The van der Waals surface area contributed by atoms with Crippen molar-refractivity contribution in [1.29, 1.82) is 0 Å². The zero-order valence-electron chi connectivity index (χ0n) is 20.1. The lowest BCUT2D eigenvalue weighted by atomic mass is 10.1. The number of hydrogen-bond acceptors (Lipinski definition) is 6. The Morgan fingerprint density at radius 2 is 1.68 bits per heavy atom. The monoisotopic (exact) mass is 527 g/mol. The molecule has 3 heterocycles. The molecular weight excluding hydrogens is 503 g/mol. The lowest BCUT2D eigenvalue weighted by molar-refractivity contribution is -0.137. The van der Waals surface area contributed by atoms with Crippen LogP contribution in [-0.4, -0.2) is 54.8 Å². The van der Waals surface area contributed by atoms with Gasteiger partial charge in [-0.05, 0) is 55.0 Å². The largest absolute Gasteiger partial charge is 0.454 e.